The van der Waals surface area contributed by atoms with Gasteiger partial charge in [-0.25, -0.2) is 0 Å². The van der Waals surface area contributed by atoms with Crippen molar-refractivity contribution in [2.45, 2.75) is 89.9 Å². The van der Waals surface area contributed by atoms with Crippen molar-refractivity contribution < 1.29 is 24.1 Å². The van der Waals surface area contributed by atoms with Gasteiger partial charge in [0.05, 0.1) is 33.0 Å². The molecule has 0 aliphatic carbocycles. The topological polar surface area (TPSA) is 65.0 Å². The summed E-state index contributed by atoms with van der Waals surface area (Å²) in [7, 11) is 3.06. The molecule has 0 aliphatic heterocycles. The molecule has 190 valence electrons. The van der Waals surface area contributed by atoms with Crippen LogP contribution in [-0.4, -0.2) is 37.5 Å². The summed E-state index contributed by atoms with van der Waals surface area (Å²) in [4.78, 5) is 11.1. The molecule has 1 rings (SSSR count). The molecule has 1 N–H and O–H groups in total. The lowest BCUT2D eigenvalue weighted by atomic mass is 10.1. The minimum Gasteiger partial charge on any atom is -0.497 e. The molecule has 5 nitrogen and oxygen atoms in total. The normalized spacial score (nSPS) is 13.6. The molecule has 0 saturated heterocycles. The molecule has 0 aromatic heterocycles. The lowest BCUT2D eigenvalue weighted by Crippen LogP contribution is -2.28. The lowest BCUT2D eigenvalue weighted by Gasteiger charge is -2.21. The standard InChI is InChI=1S/C29H44O5/c1-4-5-6-7-11-14-17-27(30)28(34-24-25-20-22-26(32-2)23-21-25)18-15-12-9-8-10-13-16-19-29(31)33-3/h8,10-12,14-15,20-23,27-28,30H,4-7,9,13,16-19,24H2,1-3H3/b10-8-,14-11-,15-12-/t27-,28-/m1/s1. The average molecular weight is 473 g/mol. The zero-order valence-electron chi connectivity index (χ0n) is 21.3. The van der Waals surface area contributed by atoms with Crippen LogP contribution in [0.5, 0.6) is 5.75 Å². The van der Waals surface area contributed by atoms with Gasteiger partial charge in [0.25, 0.3) is 0 Å². The van der Waals surface area contributed by atoms with Crippen molar-refractivity contribution in [2.24, 2.45) is 0 Å². The molecular formula is C29H44O5. The number of carbonyl (C=O) groups is 1. The summed E-state index contributed by atoms with van der Waals surface area (Å²) >= 11 is 0. The molecule has 0 heterocycles. The number of methoxy groups -OCH3 is 2. The van der Waals surface area contributed by atoms with Crippen LogP contribution in [0.1, 0.15) is 76.7 Å². The Bertz CT molecular complexity index is 721. The van der Waals surface area contributed by atoms with Gasteiger partial charge in [0, 0.05) is 6.42 Å². The van der Waals surface area contributed by atoms with Gasteiger partial charge in [0.2, 0.25) is 0 Å². The molecule has 0 radical (unpaired) electrons. The summed E-state index contributed by atoms with van der Waals surface area (Å²) in [6.07, 6.45) is 20.6. The van der Waals surface area contributed by atoms with E-state index in [2.05, 4.69) is 48.1 Å². The second-order valence-electron chi connectivity index (χ2n) is 8.35. The van der Waals surface area contributed by atoms with Crippen LogP contribution >= 0.6 is 0 Å². The van der Waals surface area contributed by atoms with Crippen LogP contribution in [0.3, 0.4) is 0 Å². The molecule has 0 saturated carbocycles. The number of carbonyl (C=O) groups excluding carboxylic acids is 1. The van der Waals surface area contributed by atoms with Gasteiger partial charge in [-0.2, -0.15) is 0 Å². The molecule has 34 heavy (non-hydrogen) atoms. The number of benzene rings is 1. The van der Waals surface area contributed by atoms with E-state index in [-0.39, 0.29) is 12.1 Å². The van der Waals surface area contributed by atoms with Crippen LogP contribution in [0.25, 0.3) is 0 Å². The number of rotatable bonds is 19. The first-order valence-corrected chi connectivity index (χ1v) is 12.5. The fraction of sp³-hybridized carbons (Fsp3) is 0.552. The Balaban J connectivity index is 2.51. The number of hydrogen-bond acceptors (Lipinski definition) is 5. The Morgan fingerprint density at radius 2 is 1.59 bits per heavy atom. The van der Waals surface area contributed by atoms with E-state index in [1.807, 2.05) is 24.3 Å². The highest BCUT2D eigenvalue weighted by molar-refractivity contribution is 5.69. The zero-order chi connectivity index (χ0) is 24.9. The predicted molar refractivity (Wildman–Crippen MR) is 139 cm³/mol. The van der Waals surface area contributed by atoms with Crippen LogP contribution in [0.4, 0.5) is 0 Å². The van der Waals surface area contributed by atoms with Gasteiger partial charge < -0.3 is 19.3 Å². The first-order valence-electron chi connectivity index (χ1n) is 12.5. The van der Waals surface area contributed by atoms with Crippen molar-refractivity contribution in [3.63, 3.8) is 0 Å². The van der Waals surface area contributed by atoms with Crippen LogP contribution in [0.15, 0.2) is 60.7 Å². The molecule has 0 bridgehead atoms. The monoisotopic (exact) mass is 472 g/mol. The molecule has 0 aliphatic rings. The Labute approximate surface area is 206 Å². The highest BCUT2D eigenvalue weighted by Crippen LogP contribution is 2.16. The SMILES string of the molecule is CCCCC/C=C\C[C@@H](O)[C@@H](C/C=C\C/C=C\CCCC(=O)OC)OCc1ccc(OC)cc1. The maximum Gasteiger partial charge on any atom is 0.305 e. The van der Waals surface area contributed by atoms with E-state index in [0.717, 1.165) is 37.0 Å². The molecule has 0 unspecified atom stereocenters. The van der Waals surface area contributed by atoms with Crippen molar-refractivity contribution in [3.05, 3.63) is 66.3 Å². The lowest BCUT2D eigenvalue weighted by molar-refractivity contribution is -0.140. The highest BCUT2D eigenvalue weighted by atomic mass is 16.5. The maximum absolute atomic E-state index is 11.1. The molecule has 0 amide bonds. The Kier molecular flexibility index (Phi) is 17.5. The van der Waals surface area contributed by atoms with Crippen molar-refractivity contribution >= 4 is 5.97 Å². The van der Waals surface area contributed by atoms with Gasteiger partial charge in [-0.15, -0.1) is 0 Å². The van der Waals surface area contributed by atoms with Crippen molar-refractivity contribution in [1.29, 1.82) is 0 Å². The third-order valence-electron chi connectivity index (χ3n) is 5.52. The zero-order valence-corrected chi connectivity index (χ0v) is 21.3. The molecule has 1 aromatic rings. The third kappa shape index (κ3) is 14.7. The second-order valence-corrected chi connectivity index (χ2v) is 8.35. The number of hydrogen-bond donors (Lipinski definition) is 1. The first kappa shape index (κ1) is 29.7. The quantitative estimate of drug-likeness (QED) is 0.138. The fourth-order valence-corrected chi connectivity index (χ4v) is 3.36. The van der Waals surface area contributed by atoms with Crippen molar-refractivity contribution in [3.8, 4) is 5.75 Å². The predicted octanol–water partition coefficient (Wildman–Crippen LogP) is 6.70. The van der Waals surface area contributed by atoms with Crippen molar-refractivity contribution in [2.75, 3.05) is 14.2 Å². The number of ether oxygens (including phenoxy) is 3. The van der Waals surface area contributed by atoms with Gasteiger partial charge in [-0.05, 0) is 62.6 Å². The van der Waals surface area contributed by atoms with E-state index in [1.165, 1.54) is 26.4 Å². The van der Waals surface area contributed by atoms with E-state index < -0.39 is 6.10 Å². The van der Waals surface area contributed by atoms with E-state index >= 15 is 0 Å². The molecule has 1 aromatic carbocycles. The van der Waals surface area contributed by atoms with Crippen LogP contribution < -0.4 is 4.74 Å². The summed E-state index contributed by atoms with van der Waals surface area (Å²) in [6, 6.07) is 7.80. The number of esters is 1. The fourth-order valence-electron chi connectivity index (χ4n) is 3.36. The Morgan fingerprint density at radius 3 is 2.29 bits per heavy atom. The number of allylic oxidation sites excluding steroid dienone is 4. The van der Waals surface area contributed by atoms with Crippen LogP contribution in [0.2, 0.25) is 0 Å². The minimum absolute atomic E-state index is 0.164. The number of aliphatic hydroxyl groups excluding tert-OH is 1. The van der Waals surface area contributed by atoms with Gasteiger partial charge in [0.1, 0.15) is 5.75 Å². The average Bonchev–Trinajstić information content (AvgIpc) is 2.86. The molecule has 2 atom stereocenters. The van der Waals surface area contributed by atoms with Gasteiger partial charge in [-0.1, -0.05) is 68.4 Å². The van der Waals surface area contributed by atoms with Gasteiger partial charge >= 0.3 is 5.97 Å². The smallest absolute Gasteiger partial charge is 0.305 e. The summed E-state index contributed by atoms with van der Waals surface area (Å²) in [5.41, 5.74) is 1.05. The molecule has 0 spiro atoms. The van der Waals surface area contributed by atoms with E-state index in [9.17, 15) is 9.90 Å². The van der Waals surface area contributed by atoms with Crippen LogP contribution in [-0.2, 0) is 20.9 Å². The second kappa shape index (κ2) is 20.0. The Morgan fingerprint density at radius 1 is 0.912 bits per heavy atom. The summed E-state index contributed by atoms with van der Waals surface area (Å²) in [5.74, 6) is 0.651. The number of aliphatic hydroxyl groups is 1. The Hall–Kier alpha value is -2.37. The summed E-state index contributed by atoms with van der Waals surface area (Å²) < 4.78 is 16.0. The van der Waals surface area contributed by atoms with E-state index in [1.54, 1.807) is 7.11 Å². The summed E-state index contributed by atoms with van der Waals surface area (Å²) in [5, 5.41) is 10.8. The van der Waals surface area contributed by atoms with Crippen LogP contribution in [0, 0.1) is 0 Å². The molecular weight excluding hydrogens is 428 g/mol. The molecule has 5 heteroatoms. The van der Waals surface area contributed by atoms with Gasteiger partial charge in [-0.3, -0.25) is 4.79 Å². The maximum atomic E-state index is 11.1. The minimum atomic E-state index is -0.556. The highest BCUT2D eigenvalue weighted by Gasteiger charge is 2.17. The molecule has 0 fully saturated rings. The number of unbranched alkanes of at least 4 members (excludes halogenated alkanes) is 4. The van der Waals surface area contributed by atoms with Crippen molar-refractivity contribution in [1.82, 2.24) is 0 Å². The third-order valence-corrected chi connectivity index (χ3v) is 5.52. The first-order chi connectivity index (χ1) is 16.6. The summed E-state index contributed by atoms with van der Waals surface area (Å²) in [6.45, 7) is 2.65. The van der Waals surface area contributed by atoms with E-state index in [4.69, 9.17) is 9.47 Å². The van der Waals surface area contributed by atoms with Gasteiger partial charge in [0.15, 0.2) is 0 Å². The largest absolute Gasteiger partial charge is 0.497 e. The van der Waals surface area contributed by atoms with E-state index in [0.29, 0.717) is 25.9 Å².